The second-order valence-corrected chi connectivity index (χ2v) is 7.39. The van der Waals surface area contributed by atoms with Crippen molar-refractivity contribution in [3.63, 3.8) is 0 Å². The lowest BCUT2D eigenvalue weighted by atomic mass is 9.85. The van der Waals surface area contributed by atoms with Crippen LogP contribution in [0.25, 0.3) is 0 Å². The smallest absolute Gasteiger partial charge is 0.0759 e. The van der Waals surface area contributed by atoms with E-state index in [4.69, 9.17) is 9.72 Å². The monoisotopic (exact) mass is 317 g/mol. The van der Waals surface area contributed by atoms with Gasteiger partial charge in [0, 0.05) is 19.6 Å². The Bertz CT molecular complexity index is 526. The Morgan fingerprint density at radius 2 is 1.74 bits per heavy atom. The van der Waals surface area contributed by atoms with Crippen molar-refractivity contribution in [1.29, 1.82) is 0 Å². The molecule has 1 saturated heterocycles. The van der Waals surface area contributed by atoms with E-state index in [0.29, 0.717) is 6.10 Å². The molecule has 1 aromatic rings. The molecule has 4 nitrogen and oxygen atoms in total. The SMILES string of the molecule is Cc1nc(C)c(CN2CCOC(CC3CCCCC3)C2)nc1C. The highest BCUT2D eigenvalue weighted by atomic mass is 16.5. The fraction of sp³-hybridized carbons (Fsp3) is 0.789. The van der Waals surface area contributed by atoms with Crippen LogP contribution in [0.15, 0.2) is 0 Å². The number of hydrogen-bond acceptors (Lipinski definition) is 4. The summed E-state index contributed by atoms with van der Waals surface area (Å²) in [5, 5.41) is 0. The summed E-state index contributed by atoms with van der Waals surface area (Å²) in [5.74, 6) is 0.886. The molecule has 0 amide bonds. The number of aromatic nitrogens is 2. The van der Waals surface area contributed by atoms with Gasteiger partial charge in [0.2, 0.25) is 0 Å². The van der Waals surface area contributed by atoms with E-state index in [9.17, 15) is 0 Å². The van der Waals surface area contributed by atoms with E-state index >= 15 is 0 Å². The number of aryl methyl sites for hydroxylation is 3. The molecule has 1 atom stereocenters. The molecule has 0 N–H and O–H groups in total. The first-order valence-electron chi connectivity index (χ1n) is 9.26. The van der Waals surface area contributed by atoms with E-state index in [1.165, 1.54) is 38.5 Å². The van der Waals surface area contributed by atoms with Crippen molar-refractivity contribution >= 4 is 0 Å². The normalized spacial score (nSPS) is 24.0. The highest BCUT2D eigenvalue weighted by Crippen LogP contribution is 2.29. The summed E-state index contributed by atoms with van der Waals surface area (Å²) in [4.78, 5) is 11.9. The van der Waals surface area contributed by atoms with Gasteiger partial charge in [-0.05, 0) is 33.1 Å². The summed E-state index contributed by atoms with van der Waals surface area (Å²) in [5.41, 5.74) is 4.30. The van der Waals surface area contributed by atoms with Crippen LogP contribution in [-0.2, 0) is 11.3 Å². The topological polar surface area (TPSA) is 38.2 Å². The van der Waals surface area contributed by atoms with Crippen molar-refractivity contribution in [2.75, 3.05) is 19.7 Å². The third-order valence-corrected chi connectivity index (χ3v) is 5.50. The summed E-state index contributed by atoms with van der Waals surface area (Å²) in [6.07, 6.45) is 8.72. The minimum absolute atomic E-state index is 0.409. The Kier molecular flexibility index (Phi) is 5.65. The lowest BCUT2D eigenvalue weighted by Gasteiger charge is -2.35. The molecule has 23 heavy (non-hydrogen) atoms. The molecule has 1 aromatic heterocycles. The average molecular weight is 317 g/mol. The molecule has 128 valence electrons. The Balaban J connectivity index is 1.57. The van der Waals surface area contributed by atoms with Gasteiger partial charge < -0.3 is 4.74 Å². The predicted molar refractivity (Wildman–Crippen MR) is 92.5 cm³/mol. The maximum atomic E-state index is 6.04. The van der Waals surface area contributed by atoms with E-state index in [0.717, 1.165) is 54.9 Å². The molecule has 1 aliphatic heterocycles. The van der Waals surface area contributed by atoms with Gasteiger partial charge in [-0.3, -0.25) is 14.9 Å². The van der Waals surface area contributed by atoms with Gasteiger partial charge >= 0.3 is 0 Å². The molecule has 4 heteroatoms. The highest BCUT2D eigenvalue weighted by Gasteiger charge is 2.25. The molecular weight excluding hydrogens is 286 g/mol. The number of rotatable bonds is 4. The first kappa shape index (κ1) is 16.8. The van der Waals surface area contributed by atoms with E-state index < -0.39 is 0 Å². The molecule has 1 unspecified atom stereocenters. The van der Waals surface area contributed by atoms with Crippen LogP contribution in [0.2, 0.25) is 0 Å². The maximum Gasteiger partial charge on any atom is 0.0759 e. The second kappa shape index (κ2) is 7.71. The van der Waals surface area contributed by atoms with Gasteiger partial charge in [-0.1, -0.05) is 32.1 Å². The fourth-order valence-electron chi connectivity index (χ4n) is 3.98. The van der Waals surface area contributed by atoms with Gasteiger partial charge in [0.05, 0.1) is 35.5 Å². The zero-order valence-electron chi connectivity index (χ0n) is 15.0. The van der Waals surface area contributed by atoms with Crippen LogP contribution in [0.3, 0.4) is 0 Å². The van der Waals surface area contributed by atoms with Gasteiger partial charge in [0.15, 0.2) is 0 Å². The van der Waals surface area contributed by atoms with E-state index in [1.54, 1.807) is 0 Å². The average Bonchev–Trinajstić information content (AvgIpc) is 2.54. The quantitative estimate of drug-likeness (QED) is 0.851. The molecular formula is C19H31N3O. The second-order valence-electron chi connectivity index (χ2n) is 7.39. The summed E-state index contributed by atoms with van der Waals surface area (Å²) in [6.45, 7) is 9.98. The van der Waals surface area contributed by atoms with E-state index in [1.807, 2.05) is 6.92 Å². The first-order chi connectivity index (χ1) is 11.1. The summed E-state index contributed by atoms with van der Waals surface area (Å²) >= 11 is 0. The number of ether oxygens (including phenoxy) is 1. The number of morpholine rings is 1. The molecule has 0 spiro atoms. The zero-order valence-corrected chi connectivity index (χ0v) is 15.0. The zero-order chi connectivity index (χ0) is 16.2. The largest absolute Gasteiger partial charge is 0.376 e. The molecule has 2 aliphatic rings. The van der Waals surface area contributed by atoms with Crippen molar-refractivity contribution in [2.24, 2.45) is 5.92 Å². The molecule has 3 rings (SSSR count). The third-order valence-electron chi connectivity index (χ3n) is 5.50. The third kappa shape index (κ3) is 4.51. The van der Waals surface area contributed by atoms with Gasteiger partial charge in [-0.25, -0.2) is 0 Å². The standard InChI is InChI=1S/C19H31N3O/c1-14-15(2)21-19(16(3)20-14)13-22-9-10-23-18(12-22)11-17-7-5-4-6-8-17/h17-18H,4-13H2,1-3H3. The van der Waals surface area contributed by atoms with Gasteiger partial charge in [-0.15, -0.1) is 0 Å². The van der Waals surface area contributed by atoms with Crippen molar-refractivity contribution < 1.29 is 4.74 Å². The van der Waals surface area contributed by atoms with Crippen LogP contribution >= 0.6 is 0 Å². The Morgan fingerprint density at radius 1 is 1.00 bits per heavy atom. The van der Waals surface area contributed by atoms with Crippen LogP contribution < -0.4 is 0 Å². The maximum absolute atomic E-state index is 6.04. The Morgan fingerprint density at radius 3 is 2.52 bits per heavy atom. The Hall–Kier alpha value is -1.00. The lowest BCUT2D eigenvalue weighted by Crippen LogP contribution is -2.43. The molecule has 1 aliphatic carbocycles. The lowest BCUT2D eigenvalue weighted by molar-refractivity contribution is -0.0443. The molecule has 1 saturated carbocycles. The van der Waals surface area contributed by atoms with Crippen LogP contribution in [0.5, 0.6) is 0 Å². The van der Waals surface area contributed by atoms with Crippen LogP contribution in [0.1, 0.15) is 61.3 Å². The van der Waals surface area contributed by atoms with Crippen molar-refractivity contribution in [2.45, 2.75) is 71.9 Å². The fourth-order valence-corrected chi connectivity index (χ4v) is 3.98. The van der Waals surface area contributed by atoms with Gasteiger partial charge in [0.25, 0.3) is 0 Å². The highest BCUT2D eigenvalue weighted by molar-refractivity contribution is 5.17. The summed E-state index contributed by atoms with van der Waals surface area (Å²) in [6, 6.07) is 0. The van der Waals surface area contributed by atoms with Crippen LogP contribution in [0.4, 0.5) is 0 Å². The van der Waals surface area contributed by atoms with Gasteiger partial charge in [-0.2, -0.15) is 0 Å². The molecule has 0 radical (unpaired) electrons. The summed E-state index contributed by atoms with van der Waals surface area (Å²) < 4.78 is 6.04. The molecule has 0 aromatic carbocycles. The van der Waals surface area contributed by atoms with Crippen LogP contribution in [-0.4, -0.2) is 40.7 Å². The first-order valence-corrected chi connectivity index (χ1v) is 9.26. The number of nitrogens with zero attached hydrogens (tertiary/aromatic N) is 3. The Labute approximate surface area is 140 Å². The minimum Gasteiger partial charge on any atom is -0.376 e. The predicted octanol–water partition coefficient (Wildman–Crippen LogP) is 3.57. The molecule has 2 heterocycles. The summed E-state index contributed by atoms with van der Waals surface area (Å²) in [7, 11) is 0. The van der Waals surface area contributed by atoms with Crippen molar-refractivity contribution in [1.82, 2.24) is 14.9 Å². The van der Waals surface area contributed by atoms with Crippen molar-refractivity contribution in [3.8, 4) is 0 Å². The van der Waals surface area contributed by atoms with E-state index in [2.05, 4.69) is 23.7 Å². The minimum atomic E-state index is 0.409. The number of hydrogen-bond donors (Lipinski definition) is 0. The van der Waals surface area contributed by atoms with Crippen molar-refractivity contribution in [3.05, 3.63) is 22.8 Å². The molecule has 2 fully saturated rings. The van der Waals surface area contributed by atoms with Crippen LogP contribution in [0, 0.1) is 26.7 Å². The molecule has 0 bridgehead atoms. The van der Waals surface area contributed by atoms with Gasteiger partial charge in [0.1, 0.15) is 0 Å². The van der Waals surface area contributed by atoms with E-state index in [-0.39, 0.29) is 0 Å².